The first-order valence-electron chi connectivity index (χ1n) is 8.98. The van der Waals surface area contributed by atoms with Crippen LogP contribution in [0.25, 0.3) is 0 Å². The molecular formula is C21H23NO5S. The van der Waals surface area contributed by atoms with Gasteiger partial charge in [-0.15, -0.1) is 11.8 Å². The zero-order chi connectivity index (χ0) is 20.1. The van der Waals surface area contributed by atoms with E-state index in [2.05, 4.69) is 6.92 Å². The number of rotatable bonds is 5. The van der Waals surface area contributed by atoms with Crippen LogP contribution in [0.5, 0.6) is 11.5 Å². The Hall–Kier alpha value is -2.67. The lowest BCUT2D eigenvalue weighted by Gasteiger charge is -2.23. The highest BCUT2D eigenvalue weighted by Gasteiger charge is 2.24. The number of benzene rings is 2. The van der Waals surface area contributed by atoms with E-state index < -0.39 is 5.97 Å². The molecule has 0 fully saturated rings. The second-order valence-corrected chi connectivity index (χ2v) is 7.86. The van der Waals surface area contributed by atoms with Crippen LogP contribution >= 0.6 is 11.8 Å². The number of amides is 1. The van der Waals surface area contributed by atoms with Crippen LogP contribution in [0.3, 0.4) is 0 Å². The number of carbonyl (C=O) groups is 2. The Morgan fingerprint density at radius 1 is 1.14 bits per heavy atom. The van der Waals surface area contributed by atoms with Gasteiger partial charge in [-0.05, 0) is 36.8 Å². The summed E-state index contributed by atoms with van der Waals surface area (Å²) in [5, 5.41) is 0.436. The van der Waals surface area contributed by atoms with Gasteiger partial charge in [-0.3, -0.25) is 4.79 Å². The molecule has 0 aromatic heterocycles. The number of nitrogens with zero attached hydrogens (tertiary/aromatic N) is 1. The second-order valence-electron chi connectivity index (χ2n) is 6.38. The Balaban J connectivity index is 1.75. The van der Waals surface area contributed by atoms with Crippen LogP contribution in [-0.4, -0.2) is 44.5 Å². The molecule has 3 rings (SSSR count). The summed E-state index contributed by atoms with van der Waals surface area (Å²) in [5.74, 6) is 0.181. The number of hydrogen-bond acceptors (Lipinski definition) is 6. The van der Waals surface area contributed by atoms with Crippen molar-refractivity contribution in [3.8, 4) is 11.5 Å². The molecule has 0 N–H and O–H groups in total. The van der Waals surface area contributed by atoms with E-state index in [1.165, 1.54) is 20.3 Å². The van der Waals surface area contributed by atoms with E-state index >= 15 is 0 Å². The van der Waals surface area contributed by atoms with Crippen molar-refractivity contribution in [2.45, 2.75) is 23.5 Å². The van der Waals surface area contributed by atoms with Crippen LogP contribution in [0.4, 0.5) is 5.69 Å². The fraction of sp³-hybridized carbons (Fsp3) is 0.333. The van der Waals surface area contributed by atoms with E-state index in [-0.39, 0.29) is 12.5 Å². The summed E-state index contributed by atoms with van der Waals surface area (Å²) in [7, 11) is 2.80. The Labute approximate surface area is 168 Å². The number of ether oxygens (including phenoxy) is 3. The Morgan fingerprint density at radius 3 is 2.68 bits per heavy atom. The van der Waals surface area contributed by atoms with E-state index in [0.29, 0.717) is 28.9 Å². The number of hydrogen-bond donors (Lipinski definition) is 0. The molecule has 1 aliphatic heterocycles. The number of anilines is 1. The second kappa shape index (κ2) is 9.01. The van der Waals surface area contributed by atoms with Crippen LogP contribution in [0.15, 0.2) is 47.4 Å². The fourth-order valence-electron chi connectivity index (χ4n) is 2.99. The quantitative estimate of drug-likeness (QED) is 0.711. The monoisotopic (exact) mass is 401 g/mol. The molecule has 0 bridgehead atoms. The summed E-state index contributed by atoms with van der Waals surface area (Å²) in [5.41, 5.74) is 1.27. The van der Waals surface area contributed by atoms with Crippen molar-refractivity contribution in [2.75, 3.05) is 32.3 Å². The van der Waals surface area contributed by atoms with Gasteiger partial charge in [0.15, 0.2) is 18.1 Å². The van der Waals surface area contributed by atoms with Crippen molar-refractivity contribution in [2.24, 2.45) is 0 Å². The molecule has 2 aromatic carbocycles. The molecule has 1 heterocycles. The summed E-state index contributed by atoms with van der Waals surface area (Å²) in [4.78, 5) is 27.4. The van der Waals surface area contributed by atoms with E-state index in [0.717, 1.165) is 17.0 Å². The molecular weight excluding hydrogens is 378 g/mol. The van der Waals surface area contributed by atoms with Crippen molar-refractivity contribution in [1.82, 2.24) is 0 Å². The average molecular weight is 401 g/mol. The normalized spacial score (nSPS) is 16.0. The molecule has 2 aromatic rings. The number of esters is 1. The summed E-state index contributed by atoms with van der Waals surface area (Å²) >= 11 is 1.78. The number of thioether (sulfide) groups is 1. The molecule has 0 radical (unpaired) electrons. The van der Waals surface area contributed by atoms with Crippen molar-refractivity contribution in [3.63, 3.8) is 0 Å². The fourth-order valence-corrected chi connectivity index (χ4v) is 4.11. The van der Waals surface area contributed by atoms with Gasteiger partial charge in [0.25, 0.3) is 5.91 Å². The van der Waals surface area contributed by atoms with Gasteiger partial charge in [-0.2, -0.15) is 0 Å². The molecule has 28 heavy (non-hydrogen) atoms. The highest BCUT2D eigenvalue weighted by Crippen LogP contribution is 2.37. The first-order chi connectivity index (χ1) is 13.5. The van der Waals surface area contributed by atoms with Gasteiger partial charge in [0, 0.05) is 16.7 Å². The van der Waals surface area contributed by atoms with Crippen molar-refractivity contribution >= 4 is 29.3 Å². The van der Waals surface area contributed by atoms with Crippen LogP contribution in [0.1, 0.15) is 23.7 Å². The van der Waals surface area contributed by atoms with Gasteiger partial charge < -0.3 is 19.1 Å². The maximum absolute atomic E-state index is 12.9. The number of methoxy groups -OCH3 is 2. The highest BCUT2D eigenvalue weighted by molar-refractivity contribution is 8.00. The first kappa shape index (κ1) is 20.1. The van der Waals surface area contributed by atoms with Gasteiger partial charge in [0.05, 0.1) is 25.5 Å². The molecule has 1 atom stereocenters. The lowest BCUT2D eigenvalue weighted by Crippen LogP contribution is -2.36. The van der Waals surface area contributed by atoms with E-state index in [4.69, 9.17) is 14.2 Å². The predicted molar refractivity (Wildman–Crippen MR) is 109 cm³/mol. The van der Waals surface area contributed by atoms with Gasteiger partial charge >= 0.3 is 5.97 Å². The summed E-state index contributed by atoms with van der Waals surface area (Å²) in [6, 6.07) is 12.6. The zero-order valence-electron chi connectivity index (χ0n) is 16.1. The largest absolute Gasteiger partial charge is 0.493 e. The molecule has 0 spiro atoms. The number of para-hydroxylation sites is 1. The third kappa shape index (κ3) is 4.42. The van der Waals surface area contributed by atoms with Gasteiger partial charge in [-0.25, -0.2) is 4.79 Å². The molecule has 148 valence electrons. The third-order valence-electron chi connectivity index (χ3n) is 4.48. The Bertz CT molecular complexity index is 870. The minimum Gasteiger partial charge on any atom is -0.493 e. The highest BCUT2D eigenvalue weighted by atomic mass is 32.2. The number of fused-ring (bicyclic) bond motifs is 1. The van der Waals surface area contributed by atoms with Crippen LogP contribution in [0.2, 0.25) is 0 Å². The van der Waals surface area contributed by atoms with Gasteiger partial charge in [0.1, 0.15) is 0 Å². The molecule has 7 heteroatoms. The van der Waals surface area contributed by atoms with Crippen LogP contribution in [-0.2, 0) is 9.53 Å². The van der Waals surface area contributed by atoms with E-state index in [1.54, 1.807) is 28.8 Å². The zero-order valence-corrected chi connectivity index (χ0v) is 17.0. The molecule has 0 saturated heterocycles. The Kier molecular flexibility index (Phi) is 6.46. The van der Waals surface area contributed by atoms with Crippen LogP contribution in [0, 0.1) is 0 Å². The molecule has 0 aliphatic carbocycles. The molecule has 0 unspecified atom stereocenters. The van der Waals surface area contributed by atoms with Gasteiger partial charge in [-0.1, -0.05) is 19.1 Å². The SMILES string of the molecule is COC(=O)c1ccc(OCC(=O)N2CC[C@@H](C)Sc3ccccc32)c(OC)c1. The maximum atomic E-state index is 12.9. The smallest absolute Gasteiger partial charge is 0.337 e. The summed E-state index contributed by atoms with van der Waals surface area (Å²) in [6.45, 7) is 2.69. The molecule has 1 aliphatic rings. The molecule has 0 saturated carbocycles. The standard InChI is InChI=1S/C21H23NO5S/c1-14-10-11-22(16-6-4-5-7-19(16)28-14)20(23)13-27-17-9-8-15(21(24)26-3)12-18(17)25-2/h4-9,12,14H,10-11,13H2,1-3H3/t14-/m1/s1. The van der Waals surface area contributed by atoms with Crippen molar-refractivity contribution < 1.29 is 23.8 Å². The predicted octanol–water partition coefficient (Wildman–Crippen LogP) is 3.78. The Morgan fingerprint density at radius 2 is 1.93 bits per heavy atom. The maximum Gasteiger partial charge on any atom is 0.337 e. The average Bonchev–Trinajstić information content (AvgIpc) is 2.89. The van der Waals surface area contributed by atoms with Crippen molar-refractivity contribution in [1.29, 1.82) is 0 Å². The summed E-state index contributed by atoms with van der Waals surface area (Å²) in [6.07, 6.45) is 0.905. The van der Waals surface area contributed by atoms with Crippen LogP contribution < -0.4 is 14.4 Å². The van der Waals surface area contributed by atoms with Gasteiger partial charge in [0.2, 0.25) is 0 Å². The molecule has 1 amide bonds. The van der Waals surface area contributed by atoms with E-state index in [9.17, 15) is 9.59 Å². The lowest BCUT2D eigenvalue weighted by molar-refractivity contribution is -0.120. The summed E-state index contributed by atoms with van der Waals surface area (Å²) < 4.78 is 15.7. The first-order valence-corrected chi connectivity index (χ1v) is 9.86. The third-order valence-corrected chi connectivity index (χ3v) is 5.72. The number of carbonyl (C=O) groups excluding carboxylic acids is 2. The van der Waals surface area contributed by atoms with Crippen molar-refractivity contribution in [3.05, 3.63) is 48.0 Å². The minimum absolute atomic E-state index is 0.124. The minimum atomic E-state index is -0.464. The lowest BCUT2D eigenvalue weighted by atomic mass is 10.2. The molecule has 6 nitrogen and oxygen atoms in total. The topological polar surface area (TPSA) is 65.1 Å². The van der Waals surface area contributed by atoms with E-state index in [1.807, 2.05) is 24.3 Å².